The van der Waals surface area contributed by atoms with E-state index in [2.05, 4.69) is 45.4 Å². The third kappa shape index (κ3) is 3.51. The topological polar surface area (TPSA) is 22.1 Å². The summed E-state index contributed by atoms with van der Waals surface area (Å²) in [6.45, 7) is 15.0. The van der Waals surface area contributed by atoms with Crippen molar-refractivity contribution in [1.82, 2.24) is 4.98 Å². The molecule has 0 saturated carbocycles. The van der Waals surface area contributed by atoms with Crippen LogP contribution in [0.3, 0.4) is 0 Å². The molecule has 94 valence electrons. The molecule has 0 radical (unpaired) electrons. The summed E-state index contributed by atoms with van der Waals surface area (Å²) in [5.41, 5.74) is 0.937. The van der Waals surface area contributed by atoms with Crippen LogP contribution < -0.4 is 0 Å². The minimum atomic E-state index is -1.78. The van der Waals surface area contributed by atoms with Crippen molar-refractivity contribution >= 4 is 8.32 Å². The van der Waals surface area contributed by atoms with Gasteiger partial charge < -0.3 is 4.43 Å². The molecule has 1 rings (SSSR count). The predicted octanol–water partition coefficient (Wildman–Crippen LogP) is 4.33. The zero-order chi connectivity index (χ0) is 13.1. The van der Waals surface area contributed by atoms with E-state index in [0.29, 0.717) is 0 Å². The molecule has 3 heteroatoms. The van der Waals surface area contributed by atoms with Gasteiger partial charge in [-0.25, -0.2) is 0 Å². The van der Waals surface area contributed by atoms with E-state index in [9.17, 15) is 0 Å². The van der Waals surface area contributed by atoms with Crippen LogP contribution in [0.2, 0.25) is 18.1 Å². The molecule has 1 atom stereocenters. The molecule has 17 heavy (non-hydrogen) atoms. The molecular weight excluding hydrogens is 226 g/mol. The van der Waals surface area contributed by atoms with E-state index in [1.807, 2.05) is 24.3 Å². The summed E-state index contributed by atoms with van der Waals surface area (Å²) >= 11 is 0. The van der Waals surface area contributed by atoms with Crippen LogP contribution in [0.25, 0.3) is 0 Å². The summed E-state index contributed by atoms with van der Waals surface area (Å²) in [7, 11) is -1.78. The third-order valence-electron chi connectivity index (χ3n) is 3.42. The van der Waals surface area contributed by atoms with Crippen LogP contribution in [0.1, 0.15) is 32.6 Å². The van der Waals surface area contributed by atoms with E-state index in [0.717, 1.165) is 5.69 Å². The highest BCUT2D eigenvalue weighted by atomic mass is 28.4. The first-order valence-corrected chi connectivity index (χ1v) is 8.90. The summed E-state index contributed by atoms with van der Waals surface area (Å²) in [6, 6.07) is 5.88. The largest absolute Gasteiger partial charge is 0.405 e. The average Bonchev–Trinajstić information content (AvgIpc) is 2.25. The van der Waals surface area contributed by atoms with Gasteiger partial charge >= 0.3 is 0 Å². The van der Waals surface area contributed by atoms with Crippen LogP contribution in [-0.4, -0.2) is 13.3 Å². The summed E-state index contributed by atoms with van der Waals surface area (Å²) in [6.07, 6.45) is 3.53. The molecule has 1 unspecified atom stereocenters. The first-order chi connectivity index (χ1) is 7.78. The molecule has 2 nitrogen and oxygen atoms in total. The minimum Gasteiger partial charge on any atom is -0.405 e. The van der Waals surface area contributed by atoms with E-state index < -0.39 is 8.32 Å². The number of aromatic nitrogens is 1. The molecule has 1 heterocycles. The molecule has 0 N–H and O–H groups in total. The first-order valence-electron chi connectivity index (χ1n) is 5.99. The molecule has 0 spiro atoms. The Labute approximate surface area is 106 Å². The van der Waals surface area contributed by atoms with E-state index in [4.69, 9.17) is 4.43 Å². The van der Waals surface area contributed by atoms with Crippen LogP contribution in [0.4, 0.5) is 0 Å². The maximum absolute atomic E-state index is 6.30. The van der Waals surface area contributed by atoms with E-state index in [1.165, 1.54) is 0 Å². The van der Waals surface area contributed by atoms with Crippen molar-refractivity contribution in [3.63, 3.8) is 0 Å². The van der Waals surface area contributed by atoms with Crippen LogP contribution in [-0.2, 0) is 4.43 Å². The molecule has 0 aromatic carbocycles. The Bertz CT molecular complexity index is 368. The standard InChI is InChI=1S/C14H23NOSi/c1-7-13(12-10-8-9-11-15-12)16-17(5,6)14(2,3)4/h7-11,13H,1H2,2-6H3. The van der Waals surface area contributed by atoms with Gasteiger partial charge in [0.05, 0.1) is 5.69 Å². The van der Waals surface area contributed by atoms with Gasteiger partial charge in [-0.3, -0.25) is 4.98 Å². The van der Waals surface area contributed by atoms with Gasteiger partial charge in [0.1, 0.15) is 6.10 Å². The van der Waals surface area contributed by atoms with Crippen LogP contribution >= 0.6 is 0 Å². The van der Waals surface area contributed by atoms with Crippen molar-refractivity contribution in [2.24, 2.45) is 0 Å². The SMILES string of the molecule is C=CC(O[Si](C)(C)C(C)(C)C)c1ccccn1. The van der Waals surface area contributed by atoms with Crippen molar-refractivity contribution in [3.05, 3.63) is 42.7 Å². The zero-order valence-corrected chi connectivity index (χ0v) is 12.5. The fourth-order valence-corrected chi connectivity index (χ4v) is 2.47. The third-order valence-corrected chi connectivity index (χ3v) is 7.88. The van der Waals surface area contributed by atoms with Gasteiger partial charge in [0.15, 0.2) is 8.32 Å². The Kier molecular flexibility index (Phi) is 4.28. The van der Waals surface area contributed by atoms with Crippen LogP contribution in [0.5, 0.6) is 0 Å². The molecule has 0 aliphatic heterocycles. The Morgan fingerprint density at radius 2 is 2.00 bits per heavy atom. The Balaban J connectivity index is 2.89. The second-order valence-corrected chi connectivity index (χ2v) is 10.5. The lowest BCUT2D eigenvalue weighted by Gasteiger charge is -2.38. The minimum absolute atomic E-state index is 0.0999. The summed E-state index contributed by atoms with van der Waals surface area (Å²) in [4.78, 5) is 4.34. The number of hydrogen-bond donors (Lipinski definition) is 0. The molecular formula is C14H23NOSi. The predicted molar refractivity (Wildman–Crippen MR) is 75.5 cm³/mol. The van der Waals surface area contributed by atoms with Crippen molar-refractivity contribution in [1.29, 1.82) is 0 Å². The molecule has 0 amide bonds. The highest BCUT2D eigenvalue weighted by Gasteiger charge is 2.39. The van der Waals surface area contributed by atoms with Crippen LogP contribution in [0.15, 0.2) is 37.1 Å². The molecule has 0 saturated heterocycles. The molecule has 0 aliphatic rings. The average molecular weight is 249 g/mol. The van der Waals surface area contributed by atoms with Crippen molar-refractivity contribution < 1.29 is 4.43 Å². The molecule has 0 aliphatic carbocycles. The Morgan fingerprint density at radius 3 is 2.41 bits per heavy atom. The van der Waals surface area contributed by atoms with Gasteiger partial charge in [-0.2, -0.15) is 0 Å². The fraction of sp³-hybridized carbons (Fsp3) is 0.500. The van der Waals surface area contributed by atoms with E-state index in [-0.39, 0.29) is 11.1 Å². The lowest BCUT2D eigenvalue weighted by molar-refractivity contribution is 0.225. The molecule has 0 fully saturated rings. The molecule has 1 aromatic heterocycles. The van der Waals surface area contributed by atoms with Gasteiger partial charge in [0.2, 0.25) is 0 Å². The van der Waals surface area contributed by atoms with Gasteiger partial charge in [-0.05, 0) is 30.3 Å². The number of nitrogens with zero attached hydrogens (tertiary/aromatic N) is 1. The van der Waals surface area contributed by atoms with Crippen LogP contribution in [0, 0.1) is 0 Å². The summed E-state index contributed by atoms with van der Waals surface area (Å²) in [5, 5.41) is 0.197. The van der Waals surface area contributed by atoms with Gasteiger partial charge in [-0.15, -0.1) is 6.58 Å². The maximum Gasteiger partial charge on any atom is 0.193 e. The lowest BCUT2D eigenvalue weighted by atomic mass is 10.2. The maximum atomic E-state index is 6.30. The highest BCUT2D eigenvalue weighted by Crippen LogP contribution is 2.39. The van der Waals surface area contributed by atoms with Gasteiger partial charge in [0, 0.05) is 6.20 Å². The first kappa shape index (κ1) is 14.1. The quantitative estimate of drug-likeness (QED) is 0.585. The van der Waals surface area contributed by atoms with Gasteiger partial charge in [0.25, 0.3) is 0 Å². The number of rotatable bonds is 4. The summed E-state index contributed by atoms with van der Waals surface area (Å²) in [5.74, 6) is 0. The van der Waals surface area contributed by atoms with E-state index in [1.54, 1.807) is 6.20 Å². The van der Waals surface area contributed by atoms with Gasteiger partial charge in [-0.1, -0.05) is 32.9 Å². The highest BCUT2D eigenvalue weighted by molar-refractivity contribution is 6.74. The normalized spacial score (nSPS) is 14.4. The fourth-order valence-electron chi connectivity index (χ4n) is 1.27. The monoisotopic (exact) mass is 249 g/mol. The smallest absolute Gasteiger partial charge is 0.193 e. The summed E-state index contributed by atoms with van der Waals surface area (Å²) < 4.78 is 6.30. The Hall–Kier alpha value is -0.933. The Morgan fingerprint density at radius 1 is 1.35 bits per heavy atom. The zero-order valence-electron chi connectivity index (χ0n) is 11.5. The molecule has 0 bridgehead atoms. The second kappa shape index (κ2) is 5.15. The second-order valence-electron chi connectivity index (χ2n) is 5.79. The number of pyridine rings is 1. The molecule has 1 aromatic rings. The lowest BCUT2D eigenvalue weighted by Crippen LogP contribution is -2.41. The number of hydrogen-bond acceptors (Lipinski definition) is 2. The van der Waals surface area contributed by atoms with E-state index >= 15 is 0 Å². The van der Waals surface area contributed by atoms with Crippen molar-refractivity contribution in [2.45, 2.75) is 45.0 Å². The van der Waals surface area contributed by atoms with Crippen molar-refractivity contribution in [3.8, 4) is 0 Å². The van der Waals surface area contributed by atoms with Crippen molar-refractivity contribution in [2.75, 3.05) is 0 Å².